The number of fused-ring (bicyclic) bond motifs is 1. The van der Waals surface area contributed by atoms with Gasteiger partial charge in [0.1, 0.15) is 23.8 Å². The van der Waals surface area contributed by atoms with Crippen molar-refractivity contribution in [2.45, 2.75) is 141 Å². The Morgan fingerprint density at radius 1 is 1.05 bits per heavy atom. The molecule has 3 saturated heterocycles. The molecule has 5 rings (SSSR count). The van der Waals surface area contributed by atoms with E-state index in [-0.39, 0.29) is 24.0 Å². The lowest BCUT2D eigenvalue weighted by Gasteiger charge is -2.48. The number of cyclic esters (lactones) is 1. The summed E-state index contributed by atoms with van der Waals surface area (Å²) in [5.74, 6) is -3.42. The summed E-state index contributed by atoms with van der Waals surface area (Å²) >= 11 is 0. The van der Waals surface area contributed by atoms with Crippen LogP contribution in [0.25, 0.3) is 11.3 Å². The number of aliphatic hydroxyl groups excluding tert-OH is 1. The first kappa shape index (κ1) is 52.2. The van der Waals surface area contributed by atoms with Gasteiger partial charge in [0.25, 0.3) is 0 Å². The normalized spacial score (nSPS) is 34.2. The van der Waals surface area contributed by atoms with Crippen molar-refractivity contribution in [3.05, 3.63) is 30.5 Å². The summed E-state index contributed by atoms with van der Waals surface area (Å²) in [7, 11) is 3.37. The number of carbonyl (C=O) groups is 3. The number of nitrogens with two attached hydrogens (primary N) is 3. The molecule has 0 bridgehead atoms. The van der Waals surface area contributed by atoms with Gasteiger partial charge in [0, 0.05) is 88.1 Å². The summed E-state index contributed by atoms with van der Waals surface area (Å²) < 4.78 is 33.7. The van der Waals surface area contributed by atoms with E-state index >= 15 is 0 Å². The van der Waals surface area contributed by atoms with Gasteiger partial charge >= 0.3 is 12.1 Å². The molecule has 3 aliphatic heterocycles. The molecule has 366 valence electrons. The van der Waals surface area contributed by atoms with Gasteiger partial charge in [-0.1, -0.05) is 45.0 Å². The minimum atomic E-state index is -1.20. The van der Waals surface area contributed by atoms with Crippen molar-refractivity contribution in [2.24, 2.45) is 35.1 Å². The number of carbonyl (C=O) groups excluding carboxylic acids is 3. The molecule has 4 heterocycles. The zero-order chi connectivity index (χ0) is 47.6. The van der Waals surface area contributed by atoms with Gasteiger partial charge < -0.3 is 56.6 Å². The molecule has 1 aromatic carbocycles. The zero-order valence-corrected chi connectivity index (χ0v) is 40.1. The van der Waals surface area contributed by atoms with E-state index in [9.17, 15) is 19.5 Å². The van der Waals surface area contributed by atoms with Crippen LogP contribution in [0.1, 0.15) is 74.1 Å². The van der Waals surface area contributed by atoms with Gasteiger partial charge in [-0.25, -0.2) is 4.79 Å². The van der Waals surface area contributed by atoms with Crippen molar-refractivity contribution in [2.75, 3.05) is 65.7 Å². The molecule has 3 unspecified atom stereocenters. The molecular weight excluding hydrogens is 837 g/mol. The van der Waals surface area contributed by atoms with Gasteiger partial charge in [-0.05, 0) is 78.1 Å². The van der Waals surface area contributed by atoms with Crippen molar-refractivity contribution in [3.63, 3.8) is 0 Å². The second-order valence-corrected chi connectivity index (χ2v) is 18.7. The third kappa shape index (κ3) is 12.6. The number of ether oxygens (including phenoxy) is 5. The number of nitrogens with one attached hydrogen (secondary N) is 2. The maximum atomic E-state index is 14.5. The van der Waals surface area contributed by atoms with Crippen LogP contribution >= 0.6 is 0 Å². The van der Waals surface area contributed by atoms with Gasteiger partial charge in [0.05, 0.1) is 30.0 Å². The molecule has 0 spiro atoms. The fraction of sp³-hybridized carbons (Fsp3) is 0.761. The van der Waals surface area contributed by atoms with E-state index in [1.807, 2.05) is 58.2 Å². The Balaban J connectivity index is 1.36. The van der Waals surface area contributed by atoms with Gasteiger partial charge in [0.2, 0.25) is 0 Å². The summed E-state index contributed by atoms with van der Waals surface area (Å²) in [6.07, 6.45) is -1.67. The van der Waals surface area contributed by atoms with Crippen LogP contribution in [0.5, 0.6) is 0 Å². The topological polar surface area (TPSA) is 257 Å². The molecule has 19 nitrogen and oxygen atoms in total. The van der Waals surface area contributed by atoms with Gasteiger partial charge in [-0.2, -0.15) is 0 Å². The minimum absolute atomic E-state index is 0.0425. The van der Waals surface area contributed by atoms with Crippen molar-refractivity contribution in [1.82, 2.24) is 35.4 Å². The number of likely N-dealkylation sites (N-methyl/N-ethyl adjacent to an activating group) is 1. The van der Waals surface area contributed by atoms with Crippen LogP contribution in [0.4, 0.5) is 10.5 Å². The predicted octanol–water partition coefficient (Wildman–Crippen LogP) is 2.00. The number of ketones is 1. The second kappa shape index (κ2) is 23.8. The number of aryl methyl sites for hydroxylation is 1. The van der Waals surface area contributed by atoms with Crippen LogP contribution < -0.4 is 27.8 Å². The van der Waals surface area contributed by atoms with E-state index in [2.05, 4.69) is 32.8 Å². The number of methoxy groups -OCH3 is 1. The van der Waals surface area contributed by atoms with Crippen molar-refractivity contribution < 1.29 is 43.2 Å². The second-order valence-electron chi connectivity index (χ2n) is 18.7. The van der Waals surface area contributed by atoms with E-state index in [0.717, 1.165) is 11.3 Å². The highest BCUT2D eigenvalue weighted by molar-refractivity contribution is 6.00. The zero-order valence-electron chi connectivity index (χ0n) is 40.1. The van der Waals surface area contributed by atoms with E-state index in [1.54, 1.807) is 30.7 Å². The van der Waals surface area contributed by atoms with E-state index in [0.29, 0.717) is 83.7 Å². The molecule has 2 aromatic rings. The summed E-state index contributed by atoms with van der Waals surface area (Å²) in [5, 5.41) is 27.3. The third-order valence-corrected chi connectivity index (χ3v) is 13.8. The Morgan fingerprint density at radius 3 is 2.40 bits per heavy atom. The highest BCUT2D eigenvalue weighted by atomic mass is 16.7. The number of anilines is 1. The fourth-order valence-corrected chi connectivity index (χ4v) is 10.0. The van der Waals surface area contributed by atoms with Crippen LogP contribution in [0, 0.1) is 23.7 Å². The Morgan fingerprint density at radius 2 is 1.75 bits per heavy atom. The Hall–Kier alpha value is -3.79. The van der Waals surface area contributed by atoms with Crippen molar-refractivity contribution in [3.8, 4) is 11.3 Å². The SMILES string of the molecule is CC[C@H]1OC(=O)[C@H](C)C(=O)[C@H](C)[C@@H](O[C@@H]2OC(CN(CCN)CCN)[C@H](C)C(NC)C2O)[C@](C)(OC)C[C@@H](C)CN[C@H](C)[C@@H]2[C@@H]1OC(=O)N2CCCCn1cc(-c2cccc(N)c2)nn1. The number of amides is 1. The fourth-order valence-electron chi connectivity index (χ4n) is 10.0. The predicted molar refractivity (Wildman–Crippen MR) is 246 cm³/mol. The van der Waals surface area contributed by atoms with Crippen LogP contribution in [-0.4, -0.2) is 168 Å². The number of aliphatic hydroxyl groups is 1. The molecule has 14 atom stereocenters. The highest BCUT2D eigenvalue weighted by Gasteiger charge is 2.52. The van der Waals surface area contributed by atoms with Crippen LogP contribution in [0.3, 0.4) is 0 Å². The monoisotopic (exact) mass is 915 g/mol. The summed E-state index contributed by atoms with van der Waals surface area (Å²) in [4.78, 5) is 46.2. The van der Waals surface area contributed by atoms with E-state index < -0.39 is 78.1 Å². The van der Waals surface area contributed by atoms with Crippen molar-refractivity contribution >= 4 is 23.5 Å². The minimum Gasteiger partial charge on any atom is -0.458 e. The third-order valence-electron chi connectivity index (χ3n) is 13.8. The highest BCUT2D eigenvalue weighted by Crippen LogP contribution is 2.37. The van der Waals surface area contributed by atoms with Gasteiger partial charge in [-0.15, -0.1) is 5.10 Å². The standard InChI is InChI=1S/C46H78N10O9/c1-10-35-41-38(56(45(60)64-41)19-12-11-18-55-25-34(52-53-55)32-14-13-15-33(49)22-32)31(6)51-24-27(2)23-46(7,61-9)42(29(4)39(57)30(5)43(59)62-35)65-44-40(58)37(50-8)28(3)36(63-44)26-54(20-16-47)21-17-48/h13-15,22,25,27-31,35-38,40-42,44,50-51,58H,10-12,16-21,23-24,26,47-49H2,1-9H3/t27-,28+,29+,30-,31-,35-,36?,37?,38-,40?,41-,42-,44+,46-/m1/s1. The molecule has 0 radical (unpaired) electrons. The summed E-state index contributed by atoms with van der Waals surface area (Å²) in [6.45, 7) is 17.3. The molecule has 1 amide bonds. The first-order chi connectivity index (χ1) is 31.0. The number of Topliss-reactive ketones (excluding diaryl/α,β-unsaturated/α-hetero) is 1. The number of hydrogen-bond donors (Lipinski definition) is 6. The maximum Gasteiger partial charge on any atom is 0.410 e. The van der Waals surface area contributed by atoms with E-state index in [1.165, 1.54) is 6.92 Å². The molecule has 19 heteroatoms. The number of esters is 1. The molecule has 65 heavy (non-hydrogen) atoms. The molecule has 9 N–H and O–H groups in total. The van der Waals surface area contributed by atoms with Gasteiger partial charge in [-0.3, -0.25) is 24.1 Å². The lowest BCUT2D eigenvalue weighted by Crippen LogP contribution is -2.63. The average molecular weight is 915 g/mol. The summed E-state index contributed by atoms with van der Waals surface area (Å²) in [5.41, 5.74) is 19.0. The Bertz CT molecular complexity index is 1830. The van der Waals surface area contributed by atoms with Crippen LogP contribution in [0.2, 0.25) is 0 Å². The smallest absolute Gasteiger partial charge is 0.410 e. The van der Waals surface area contributed by atoms with Crippen molar-refractivity contribution in [1.29, 1.82) is 0 Å². The van der Waals surface area contributed by atoms with E-state index in [4.69, 9.17) is 40.9 Å². The largest absolute Gasteiger partial charge is 0.458 e. The first-order valence-electron chi connectivity index (χ1n) is 23.5. The Kier molecular flexibility index (Phi) is 19.1. The average Bonchev–Trinajstić information content (AvgIpc) is 3.89. The molecular formula is C46H78N10O9. The number of rotatable bonds is 17. The number of benzene rings is 1. The lowest BCUT2D eigenvalue weighted by molar-refractivity contribution is -0.303. The van der Waals surface area contributed by atoms with Gasteiger partial charge in [0.15, 0.2) is 18.2 Å². The van der Waals surface area contributed by atoms with Crippen LogP contribution in [0.15, 0.2) is 30.5 Å². The number of nitrogen functional groups attached to an aromatic ring is 1. The first-order valence-corrected chi connectivity index (χ1v) is 23.5. The quantitative estimate of drug-likeness (QED) is 0.0574. The number of nitrogens with zero attached hydrogens (tertiary/aromatic N) is 5. The molecule has 3 fully saturated rings. The summed E-state index contributed by atoms with van der Waals surface area (Å²) in [6, 6.07) is 6.31. The Labute approximate surface area is 385 Å². The molecule has 0 saturated carbocycles. The number of aromatic nitrogens is 3. The maximum absolute atomic E-state index is 14.5. The molecule has 0 aliphatic carbocycles. The van der Waals surface area contributed by atoms with Crippen LogP contribution in [-0.2, 0) is 39.8 Å². The molecule has 3 aliphatic rings. The number of hydrogen-bond acceptors (Lipinski definition) is 17. The number of unbranched alkanes of at least 4 members (excludes halogenated alkanes) is 1. The lowest BCUT2D eigenvalue weighted by atomic mass is 9.78. The molecule has 1 aromatic heterocycles.